The van der Waals surface area contributed by atoms with Crippen LogP contribution in [0.2, 0.25) is 0 Å². The Morgan fingerprint density at radius 2 is 2.12 bits per heavy atom. The summed E-state index contributed by atoms with van der Waals surface area (Å²) < 4.78 is 0. The molecule has 2 N–H and O–H groups in total. The van der Waals surface area contributed by atoms with Crippen molar-refractivity contribution in [2.24, 2.45) is 5.41 Å². The van der Waals surface area contributed by atoms with E-state index in [0.29, 0.717) is 11.5 Å². The van der Waals surface area contributed by atoms with Gasteiger partial charge in [-0.05, 0) is 64.0 Å². The first kappa shape index (κ1) is 14.7. The maximum Gasteiger partial charge on any atom is 0.166 e. The van der Waals surface area contributed by atoms with Crippen LogP contribution in [0.25, 0.3) is 0 Å². The van der Waals surface area contributed by atoms with Gasteiger partial charge in [-0.3, -0.25) is 0 Å². The summed E-state index contributed by atoms with van der Waals surface area (Å²) in [6, 6.07) is 0.568. The monoisotopic (exact) mass is 257 g/mol. The van der Waals surface area contributed by atoms with E-state index in [1.54, 1.807) is 0 Å². The summed E-state index contributed by atoms with van der Waals surface area (Å²) >= 11 is 5.31. The molecule has 1 aliphatic carbocycles. The van der Waals surface area contributed by atoms with Gasteiger partial charge in [0.15, 0.2) is 5.11 Å². The van der Waals surface area contributed by atoms with Crippen molar-refractivity contribution in [1.82, 2.24) is 15.5 Å². The predicted molar refractivity (Wildman–Crippen MR) is 78.3 cm³/mol. The fourth-order valence-corrected chi connectivity index (χ4v) is 2.66. The summed E-state index contributed by atoms with van der Waals surface area (Å²) in [5.74, 6) is 0. The molecule has 0 aliphatic heterocycles. The molecule has 0 aromatic heterocycles. The van der Waals surface area contributed by atoms with Crippen molar-refractivity contribution < 1.29 is 0 Å². The van der Waals surface area contributed by atoms with E-state index in [1.165, 1.54) is 19.3 Å². The number of thiocarbonyl (C=S) groups is 1. The van der Waals surface area contributed by atoms with Gasteiger partial charge in [-0.15, -0.1) is 0 Å². The minimum absolute atomic E-state index is 0.484. The molecule has 0 bridgehead atoms. The minimum atomic E-state index is 0.484. The van der Waals surface area contributed by atoms with E-state index in [0.717, 1.165) is 24.6 Å². The third-order valence-electron chi connectivity index (χ3n) is 3.37. The largest absolute Gasteiger partial charge is 0.363 e. The Bertz CT molecular complexity index is 251. The van der Waals surface area contributed by atoms with E-state index in [4.69, 9.17) is 12.2 Å². The van der Waals surface area contributed by atoms with Gasteiger partial charge in [0, 0.05) is 12.6 Å². The molecule has 1 unspecified atom stereocenters. The number of hydrogen-bond donors (Lipinski definition) is 2. The van der Waals surface area contributed by atoms with Crippen LogP contribution in [0.1, 0.15) is 39.5 Å². The van der Waals surface area contributed by atoms with Gasteiger partial charge in [0.2, 0.25) is 0 Å². The second-order valence-electron chi connectivity index (χ2n) is 6.16. The molecule has 100 valence electrons. The maximum atomic E-state index is 5.31. The smallest absolute Gasteiger partial charge is 0.166 e. The van der Waals surface area contributed by atoms with E-state index in [9.17, 15) is 0 Å². The molecule has 1 rings (SSSR count). The fraction of sp³-hybridized carbons (Fsp3) is 0.923. The number of nitrogens with zero attached hydrogens (tertiary/aromatic N) is 1. The molecule has 1 atom stereocenters. The molecular formula is C13H27N3S. The van der Waals surface area contributed by atoms with Gasteiger partial charge < -0.3 is 15.5 Å². The van der Waals surface area contributed by atoms with Gasteiger partial charge in [0.05, 0.1) is 0 Å². The summed E-state index contributed by atoms with van der Waals surface area (Å²) in [7, 11) is 4.19. The summed E-state index contributed by atoms with van der Waals surface area (Å²) in [5, 5.41) is 7.54. The van der Waals surface area contributed by atoms with Crippen molar-refractivity contribution in [3.8, 4) is 0 Å². The first-order valence-electron chi connectivity index (χ1n) is 6.58. The average Bonchev–Trinajstić information content (AvgIpc) is 2.52. The lowest BCUT2D eigenvalue weighted by Crippen LogP contribution is -2.41. The fourth-order valence-electron chi connectivity index (χ4n) is 2.39. The van der Waals surface area contributed by atoms with Crippen LogP contribution in [-0.2, 0) is 0 Å². The lowest BCUT2D eigenvalue weighted by molar-refractivity contribution is 0.372. The zero-order valence-electron chi connectivity index (χ0n) is 11.7. The normalized spacial score (nSPS) is 22.8. The Morgan fingerprint density at radius 3 is 2.65 bits per heavy atom. The van der Waals surface area contributed by atoms with Crippen molar-refractivity contribution in [2.45, 2.75) is 45.6 Å². The first-order chi connectivity index (χ1) is 7.89. The molecule has 1 aliphatic rings. The van der Waals surface area contributed by atoms with E-state index >= 15 is 0 Å². The minimum Gasteiger partial charge on any atom is -0.363 e. The topological polar surface area (TPSA) is 27.3 Å². The van der Waals surface area contributed by atoms with Crippen molar-refractivity contribution in [3.05, 3.63) is 0 Å². The Morgan fingerprint density at radius 1 is 1.41 bits per heavy atom. The molecule has 4 heteroatoms. The summed E-state index contributed by atoms with van der Waals surface area (Å²) in [6.07, 6.45) is 4.90. The quantitative estimate of drug-likeness (QED) is 0.582. The highest BCUT2D eigenvalue weighted by molar-refractivity contribution is 7.80. The molecule has 17 heavy (non-hydrogen) atoms. The lowest BCUT2D eigenvalue weighted by atomic mass is 9.92. The van der Waals surface area contributed by atoms with E-state index < -0.39 is 0 Å². The number of nitrogens with one attached hydrogen (secondary N) is 2. The Labute approximate surface area is 111 Å². The third-order valence-corrected chi connectivity index (χ3v) is 3.63. The van der Waals surface area contributed by atoms with Crippen molar-refractivity contribution in [3.63, 3.8) is 0 Å². The molecule has 1 saturated carbocycles. The molecule has 0 aromatic rings. The second-order valence-corrected chi connectivity index (χ2v) is 6.57. The molecule has 0 aromatic carbocycles. The molecular weight excluding hydrogens is 230 g/mol. The molecule has 0 saturated heterocycles. The summed E-state index contributed by atoms with van der Waals surface area (Å²) in [4.78, 5) is 2.19. The lowest BCUT2D eigenvalue weighted by Gasteiger charge is -2.19. The Hall–Kier alpha value is -0.350. The van der Waals surface area contributed by atoms with Crippen molar-refractivity contribution in [2.75, 3.05) is 27.2 Å². The SMILES string of the molecule is CN(C)CCCNC(=S)NC1CCC(C)(C)C1. The van der Waals surface area contributed by atoms with Gasteiger partial charge in [-0.1, -0.05) is 13.8 Å². The Kier molecular flexibility index (Phi) is 5.67. The zero-order chi connectivity index (χ0) is 12.9. The van der Waals surface area contributed by atoms with E-state index in [2.05, 4.69) is 43.5 Å². The van der Waals surface area contributed by atoms with Crippen LogP contribution >= 0.6 is 12.2 Å². The van der Waals surface area contributed by atoms with Gasteiger partial charge in [-0.25, -0.2) is 0 Å². The molecule has 3 nitrogen and oxygen atoms in total. The van der Waals surface area contributed by atoms with E-state index in [1.807, 2.05) is 0 Å². The van der Waals surface area contributed by atoms with Crippen LogP contribution in [0.15, 0.2) is 0 Å². The van der Waals surface area contributed by atoms with Crippen molar-refractivity contribution in [1.29, 1.82) is 0 Å². The molecule has 0 spiro atoms. The van der Waals surface area contributed by atoms with Crippen LogP contribution in [0.5, 0.6) is 0 Å². The third kappa shape index (κ3) is 6.22. The van der Waals surface area contributed by atoms with Crippen LogP contribution in [0.3, 0.4) is 0 Å². The van der Waals surface area contributed by atoms with Gasteiger partial charge in [-0.2, -0.15) is 0 Å². The first-order valence-corrected chi connectivity index (χ1v) is 6.99. The van der Waals surface area contributed by atoms with Crippen LogP contribution < -0.4 is 10.6 Å². The second kappa shape index (κ2) is 6.55. The van der Waals surface area contributed by atoms with Gasteiger partial charge >= 0.3 is 0 Å². The number of hydrogen-bond acceptors (Lipinski definition) is 2. The Balaban J connectivity index is 2.09. The summed E-state index contributed by atoms with van der Waals surface area (Å²) in [6.45, 7) is 6.73. The highest BCUT2D eigenvalue weighted by Crippen LogP contribution is 2.36. The standard InChI is InChI=1S/C13H27N3S/c1-13(2)7-6-11(10-13)15-12(17)14-8-5-9-16(3)4/h11H,5-10H2,1-4H3,(H2,14,15,17). The molecule has 0 radical (unpaired) electrons. The average molecular weight is 257 g/mol. The zero-order valence-corrected chi connectivity index (χ0v) is 12.5. The highest BCUT2D eigenvalue weighted by Gasteiger charge is 2.30. The van der Waals surface area contributed by atoms with Crippen LogP contribution in [0.4, 0.5) is 0 Å². The van der Waals surface area contributed by atoms with Gasteiger partial charge in [0.1, 0.15) is 0 Å². The maximum absolute atomic E-state index is 5.31. The van der Waals surface area contributed by atoms with Gasteiger partial charge in [0.25, 0.3) is 0 Å². The van der Waals surface area contributed by atoms with Crippen LogP contribution in [-0.4, -0.2) is 43.2 Å². The highest BCUT2D eigenvalue weighted by atomic mass is 32.1. The van der Waals surface area contributed by atoms with E-state index in [-0.39, 0.29) is 0 Å². The molecule has 0 amide bonds. The number of rotatable bonds is 5. The van der Waals surface area contributed by atoms with Crippen molar-refractivity contribution >= 4 is 17.3 Å². The van der Waals surface area contributed by atoms with Crippen LogP contribution in [0, 0.1) is 5.41 Å². The summed E-state index contributed by atoms with van der Waals surface area (Å²) in [5.41, 5.74) is 0.484. The molecule has 0 heterocycles. The predicted octanol–water partition coefficient (Wildman–Crippen LogP) is 1.98. The molecule has 1 fully saturated rings.